The summed E-state index contributed by atoms with van der Waals surface area (Å²) in [5.41, 5.74) is 1.89. The Bertz CT molecular complexity index is 918. The van der Waals surface area contributed by atoms with E-state index in [0.717, 1.165) is 48.1 Å². The fourth-order valence-electron chi connectivity index (χ4n) is 4.35. The Morgan fingerprint density at radius 1 is 1.27 bits per heavy atom. The van der Waals surface area contributed by atoms with Crippen LogP contribution >= 0.6 is 11.8 Å². The monoisotopic (exact) mass is 375 g/mol. The molecule has 0 aliphatic heterocycles. The molecule has 7 heteroatoms. The SMILES string of the molecule is CC1(C)[C@H]2CC[C@@]1(C)c1nc(SCC(=O)c3ccc(F)cc3F)nnc12. The number of benzene rings is 1. The van der Waals surface area contributed by atoms with Gasteiger partial charge in [0.05, 0.1) is 22.7 Å². The van der Waals surface area contributed by atoms with Gasteiger partial charge in [-0.05, 0) is 30.4 Å². The number of hydrogen-bond acceptors (Lipinski definition) is 5. The Labute approximate surface area is 154 Å². The van der Waals surface area contributed by atoms with Gasteiger partial charge in [0.15, 0.2) is 5.78 Å². The number of rotatable bonds is 4. The minimum absolute atomic E-state index is 0.0213. The van der Waals surface area contributed by atoms with E-state index in [1.165, 1.54) is 0 Å². The lowest BCUT2D eigenvalue weighted by atomic mass is 9.70. The molecule has 0 radical (unpaired) electrons. The van der Waals surface area contributed by atoms with Gasteiger partial charge in [0.1, 0.15) is 11.6 Å². The lowest BCUT2D eigenvalue weighted by Gasteiger charge is -2.33. The zero-order valence-corrected chi connectivity index (χ0v) is 15.7. The number of fused-ring (bicyclic) bond motifs is 5. The Balaban J connectivity index is 1.54. The van der Waals surface area contributed by atoms with Crippen LogP contribution in [0.15, 0.2) is 23.4 Å². The third kappa shape index (κ3) is 2.40. The smallest absolute Gasteiger partial charge is 0.209 e. The third-order valence-corrected chi connectivity index (χ3v) is 7.17. The van der Waals surface area contributed by atoms with Gasteiger partial charge in [-0.2, -0.15) is 5.10 Å². The fraction of sp³-hybridized carbons (Fsp3) is 0.474. The molecule has 4 rings (SSSR count). The predicted octanol–water partition coefficient (Wildman–Crippen LogP) is 4.30. The number of halogens is 2. The first-order chi connectivity index (χ1) is 12.2. The standard InChI is InChI=1S/C19H19F2N3OS/c1-18(2)12-6-7-19(18,3)16-15(12)23-24-17(22-16)26-9-14(25)11-5-4-10(20)8-13(11)21/h4-5,8,12H,6-7,9H2,1-3H3/t12-,19-/m0/s1. The zero-order valence-electron chi connectivity index (χ0n) is 14.8. The van der Waals surface area contributed by atoms with Crippen molar-refractivity contribution in [3.63, 3.8) is 0 Å². The molecule has 2 bridgehead atoms. The Morgan fingerprint density at radius 3 is 2.77 bits per heavy atom. The van der Waals surface area contributed by atoms with Gasteiger partial charge in [0.25, 0.3) is 0 Å². The van der Waals surface area contributed by atoms with Crippen molar-refractivity contribution in [2.75, 3.05) is 5.75 Å². The molecule has 2 atom stereocenters. The van der Waals surface area contributed by atoms with Gasteiger partial charge >= 0.3 is 0 Å². The van der Waals surface area contributed by atoms with Crippen LogP contribution in [0, 0.1) is 17.0 Å². The molecule has 1 aromatic heterocycles. The van der Waals surface area contributed by atoms with Crippen LogP contribution in [0.3, 0.4) is 0 Å². The highest BCUT2D eigenvalue weighted by atomic mass is 32.2. The molecular weight excluding hydrogens is 356 g/mol. The minimum atomic E-state index is -0.852. The van der Waals surface area contributed by atoms with Gasteiger partial charge in [-0.25, -0.2) is 13.8 Å². The van der Waals surface area contributed by atoms with E-state index in [4.69, 9.17) is 0 Å². The number of aromatic nitrogens is 3. The molecule has 1 saturated carbocycles. The van der Waals surface area contributed by atoms with E-state index in [1.807, 2.05) is 0 Å². The summed E-state index contributed by atoms with van der Waals surface area (Å²) in [5, 5.41) is 8.98. The quantitative estimate of drug-likeness (QED) is 0.589. The number of nitrogens with zero attached hydrogens (tertiary/aromatic N) is 3. The molecule has 1 aromatic carbocycles. The van der Waals surface area contributed by atoms with Gasteiger partial charge in [0.2, 0.25) is 5.16 Å². The van der Waals surface area contributed by atoms with Crippen molar-refractivity contribution < 1.29 is 13.6 Å². The summed E-state index contributed by atoms with van der Waals surface area (Å²) in [6, 6.07) is 2.96. The first-order valence-corrected chi connectivity index (χ1v) is 9.59. The summed E-state index contributed by atoms with van der Waals surface area (Å²) in [6.45, 7) is 6.73. The summed E-state index contributed by atoms with van der Waals surface area (Å²) in [4.78, 5) is 16.9. The van der Waals surface area contributed by atoms with Crippen LogP contribution in [0.1, 0.15) is 61.3 Å². The van der Waals surface area contributed by atoms with Crippen molar-refractivity contribution in [2.24, 2.45) is 5.41 Å². The average molecular weight is 375 g/mol. The number of carbonyl (C=O) groups is 1. The van der Waals surface area contributed by atoms with Gasteiger partial charge < -0.3 is 0 Å². The van der Waals surface area contributed by atoms with Crippen LogP contribution in [-0.2, 0) is 5.41 Å². The maximum atomic E-state index is 13.7. The first kappa shape index (κ1) is 17.5. The molecule has 136 valence electrons. The van der Waals surface area contributed by atoms with Crippen LogP contribution in [0.4, 0.5) is 8.78 Å². The number of thioether (sulfide) groups is 1. The van der Waals surface area contributed by atoms with E-state index in [1.54, 1.807) is 0 Å². The van der Waals surface area contributed by atoms with Crippen molar-refractivity contribution >= 4 is 17.5 Å². The molecule has 2 aliphatic carbocycles. The lowest BCUT2D eigenvalue weighted by Crippen LogP contribution is -2.32. The Hall–Kier alpha value is -1.89. The summed E-state index contributed by atoms with van der Waals surface area (Å²) in [7, 11) is 0. The highest BCUT2D eigenvalue weighted by Crippen LogP contribution is 2.66. The second-order valence-electron chi connectivity index (χ2n) is 7.81. The van der Waals surface area contributed by atoms with E-state index >= 15 is 0 Å². The van der Waals surface area contributed by atoms with Crippen LogP contribution in [-0.4, -0.2) is 26.7 Å². The second-order valence-corrected chi connectivity index (χ2v) is 8.75. The van der Waals surface area contributed by atoms with Crippen LogP contribution in [0.25, 0.3) is 0 Å². The number of ketones is 1. The van der Waals surface area contributed by atoms with E-state index in [-0.39, 0.29) is 22.1 Å². The van der Waals surface area contributed by atoms with Crippen molar-refractivity contribution in [3.05, 3.63) is 46.8 Å². The average Bonchev–Trinajstić information content (AvgIpc) is 2.92. The summed E-state index contributed by atoms with van der Waals surface area (Å²) in [6.07, 6.45) is 2.17. The highest BCUT2D eigenvalue weighted by molar-refractivity contribution is 7.99. The van der Waals surface area contributed by atoms with Crippen LogP contribution in [0.5, 0.6) is 0 Å². The highest BCUT2D eigenvalue weighted by Gasteiger charge is 2.61. The molecule has 0 unspecified atom stereocenters. The predicted molar refractivity (Wildman–Crippen MR) is 94.3 cm³/mol. The van der Waals surface area contributed by atoms with Crippen molar-refractivity contribution in [1.29, 1.82) is 0 Å². The molecule has 1 fully saturated rings. The van der Waals surface area contributed by atoms with Gasteiger partial charge in [-0.15, -0.1) is 5.10 Å². The number of carbonyl (C=O) groups excluding carboxylic acids is 1. The largest absolute Gasteiger partial charge is 0.293 e. The molecule has 26 heavy (non-hydrogen) atoms. The molecule has 0 amide bonds. The number of Topliss-reactive ketones (excluding diaryl/α,β-unsaturated/α-hetero) is 1. The zero-order chi connectivity index (χ0) is 18.7. The number of hydrogen-bond donors (Lipinski definition) is 0. The Morgan fingerprint density at radius 2 is 2.04 bits per heavy atom. The normalized spacial score (nSPS) is 25.3. The van der Waals surface area contributed by atoms with Crippen LogP contribution < -0.4 is 0 Å². The fourth-order valence-corrected chi connectivity index (χ4v) is 5.02. The topological polar surface area (TPSA) is 55.7 Å². The van der Waals surface area contributed by atoms with E-state index in [9.17, 15) is 13.6 Å². The summed E-state index contributed by atoms with van der Waals surface area (Å²) >= 11 is 1.13. The van der Waals surface area contributed by atoms with Gasteiger partial charge in [-0.3, -0.25) is 4.79 Å². The summed E-state index contributed by atoms with van der Waals surface area (Å²) in [5.74, 6) is -1.63. The maximum Gasteiger partial charge on any atom is 0.209 e. The molecule has 2 aromatic rings. The van der Waals surface area contributed by atoms with Crippen molar-refractivity contribution in [2.45, 2.75) is 50.1 Å². The van der Waals surface area contributed by atoms with Crippen molar-refractivity contribution in [1.82, 2.24) is 15.2 Å². The third-order valence-electron chi connectivity index (χ3n) is 6.34. The van der Waals surface area contributed by atoms with Gasteiger partial charge in [0, 0.05) is 17.4 Å². The maximum absolute atomic E-state index is 13.7. The van der Waals surface area contributed by atoms with E-state index < -0.39 is 17.4 Å². The second kappa shape index (κ2) is 5.81. The molecule has 1 heterocycles. The molecular formula is C19H19F2N3OS. The molecule has 0 saturated heterocycles. The molecule has 0 N–H and O–H groups in total. The lowest BCUT2D eigenvalue weighted by molar-refractivity contribution is 0.101. The summed E-state index contributed by atoms with van der Waals surface area (Å²) < 4.78 is 26.7. The molecule has 4 nitrogen and oxygen atoms in total. The first-order valence-electron chi connectivity index (χ1n) is 8.60. The van der Waals surface area contributed by atoms with Crippen LogP contribution in [0.2, 0.25) is 0 Å². The van der Waals surface area contributed by atoms with Crippen molar-refractivity contribution in [3.8, 4) is 0 Å². The van der Waals surface area contributed by atoms with E-state index in [0.29, 0.717) is 17.1 Å². The Kier molecular flexibility index (Phi) is 3.91. The molecule has 0 spiro atoms. The van der Waals surface area contributed by atoms with E-state index in [2.05, 4.69) is 36.0 Å². The van der Waals surface area contributed by atoms with Gasteiger partial charge in [-0.1, -0.05) is 32.5 Å². The molecule has 2 aliphatic rings. The minimum Gasteiger partial charge on any atom is -0.293 e.